The first kappa shape index (κ1) is 24.3. The summed E-state index contributed by atoms with van der Waals surface area (Å²) in [6, 6.07) is 17.3. The van der Waals surface area contributed by atoms with Crippen LogP contribution in [0.2, 0.25) is 0 Å². The van der Waals surface area contributed by atoms with E-state index in [0.717, 1.165) is 16.6 Å². The maximum atomic E-state index is 13.2. The molecule has 0 saturated carbocycles. The molecule has 0 bridgehead atoms. The summed E-state index contributed by atoms with van der Waals surface area (Å²) in [5.41, 5.74) is 4.47. The third-order valence-corrected chi connectivity index (χ3v) is 6.13. The van der Waals surface area contributed by atoms with Crippen molar-refractivity contribution in [1.29, 1.82) is 0 Å². The molecule has 1 fully saturated rings. The molecule has 0 radical (unpaired) electrons. The van der Waals surface area contributed by atoms with E-state index in [-0.39, 0.29) is 16.4 Å². The van der Waals surface area contributed by atoms with Gasteiger partial charge in [-0.1, -0.05) is 12.1 Å². The van der Waals surface area contributed by atoms with Gasteiger partial charge < -0.3 is 19.4 Å². The lowest BCUT2D eigenvalue weighted by atomic mass is 10.1. The Morgan fingerprint density at radius 2 is 1.92 bits per heavy atom. The van der Waals surface area contributed by atoms with Gasteiger partial charge in [-0.15, -0.1) is 0 Å². The fourth-order valence-corrected chi connectivity index (χ4v) is 4.33. The third-order valence-electron chi connectivity index (χ3n) is 5.92. The highest BCUT2D eigenvalue weighted by Crippen LogP contribution is 2.28. The van der Waals surface area contributed by atoms with E-state index in [4.69, 9.17) is 21.4 Å². The second-order valence-corrected chi connectivity index (χ2v) is 8.95. The number of nitro groups is 1. The first-order valence-corrected chi connectivity index (χ1v) is 12.0. The molecule has 3 aromatic carbocycles. The van der Waals surface area contributed by atoms with Crippen molar-refractivity contribution in [2.75, 3.05) is 36.5 Å². The van der Waals surface area contributed by atoms with E-state index in [1.165, 1.54) is 12.1 Å². The number of nitrogens with zero attached hydrogens (tertiary/aromatic N) is 3. The van der Waals surface area contributed by atoms with E-state index in [1.54, 1.807) is 12.1 Å². The summed E-state index contributed by atoms with van der Waals surface area (Å²) < 4.78 is 11.3. The van der Waals surface area contributed by atoms with Crippen molar-refractivity contribution < 1.29 is 18.9 Å². The van der Waals surface area contributed by atoms with Gasteiger partial charge in [0.25, 0.3) is 11.6 Å². The molecule has 0 spiro atoms. The molecule has 0 atom stereocenters. The summed E-state index contributed by atoms with van der Waals surface area (Å²) in [7, 11) is 0. The van der Waals surface area contributed by atoms with Gasteiger partial charge in [0.05, 0.1) is 29.4 Å². The van der Waals surface area contributed by atoms with Crippen molar-refractivity contribution in [2.24, 2.45) is 0 Å². The molecule has 10 nitrogen and oxygen atoms in total. The number of carbonyl (C=O) groups excluding carboxylic acids is 1. The van der Waals surface area contributed by atoms with Crippen LogP contribution in [0.3, 0.4) is 0 Å². The molecule has 188 valence electrons. The summed E-state index contributed by atoms with van der Waals surface area (Å²) in [5, 5.41) is 17.0. The molecule has 1 amide bonds. The largest absolute Gasteiger partial charge is 0.436 e. The van der Waals surface area contributed by atoms with Crippen LogP contribution in [0, 0.1) is 17.0 Å². The number of nitro benzene ring substituents is 1. The number of aromatic nitrogens is 1. The number of hydrogen-bond acceptors (Lipinski definition) is 8. The molecule has 37 heavy (non-hydrogen) atoms. The number of ether oxygens (including phenoxy) is 1. The first-order valence-electron chi connectivity index (χ1n) is 11.6. The Balaban J connectivity index is 1.33. The number of rotatable bonds is 5. The fraction of sp³-hybridized carbons (Fsp3) is 0.192. The van der Waals surface area contributed by atoms with E-state index in [2.05, 4.69) is 15.6 Å². The monoisotopic (exact) mass is 517 g/mol. The van der Waals surface area contributed by atoms with Gasteiger partial charge in [0.2, 0.25) is 5.89 Å². The highest BCUT2D eigenvalue weighted by molar-refractivity contribution is 7.80. The van der Waals surface area contributed by atoms with Crippen molar-refractivity contribution in [3.8, 4) is 11.5 Å². The number of hydrogen-bond donors (Lipinski definition) is 2. The van der Waals surface area contributed by atoms with Crippen LogP contribution in [-0.4, -0.2) is 47.2 Å². The lowest BCUT2D eigenvalue weighted by molar-refractivity contribution is -0.384. The highest BCUT2D eigenvalue weighted by atomic mass is 32.1. The molecular weight excluding hydrogens is 494 g/mol. The van der Waals surface area contributed by atoms with Gasteiger partial charge in [-0.2, -0.15) is 0 Å². The Kier molecular flexibility index (Phi) is 6.80. The third kappa shape index (κ3) is 5.42. The molecule has 11 heteroatoms. The SMILES string of the molecule is Cc1ccc2oc(-c3cccc(NC(=S)NC(=O)c4cc([N+](=O)[O-])ccc4N4CCOCC4)c3)nc2c1. The second-order valence-electron chi connectivity index (χ2n) is 8.54. The standard InChI is InChI=1S/C26H23N5O5S/c1-16-5-8-23-21(13-16)28-25(36-23)17-3-2-4-18(14-17)27-26(37)29-24(32)20-15-19(31(33)34)6-7-22(20)30-9-11-35-12-10-30/h2-8,13-15H,9-12H2,1H3,(H2,27,29,32,37). The van der Waals surface area contributed by atoms with Crippen LogP contribution >= 0.6 is 12.2 Å². The summed E-state index contributed by atoms with van der Waals surface area (Å²) >= 11 is 5.37. The van der Waals surface area contributed by atoms with E-state index >= 15 is 0 Å². The van der Waals surface area contributed by atoms with Crippen LogP contribution in [-0.2, 0) is 4.74 Å². The van der Waals surface area contributed by atoms with E-state index in [1.807, 2.05) is 48.2 Å². The van der Waals surface area contributed by atoms with Gasteiger partial charge in [0, 0.05) is 36.5 Å². The topological polar surface area (TPSA) is 123 Å². The number of amides is 1. The van der Waals surface area contributed by atoms with Crippen molar-refractivity contribution in [2.45, 2.75) is 6.92 Å². The minimum absolute atomic E-state index is 0.0507. The zero-order valence-corrected chi connectivity index (χ0v) is 20.7. The molecule has 0 aliphatic carbocycles. The quantitative estimate of drug-likeness (QED) is 0.221. The minimum atomic E-state index is -0.548. The lowest BCUT2D eigenvalue weighted by Crippen LogP contribution is -2.39. The second kappa shape index (κ2) is 10.3. The van der Waals surface area contributed by atoms with Crippen LogP contribution in [0.1, 0.15) is 15.9 Å². The first-order chi connectivity index (χ1) is 17.9. The predicted molar refractivity (Wildman–Crippen MR) is 144 cm³/mol. The molecule has 2 heterocycles. The Morgan fingerprint density at radius 1 is 1.11 bits per heavy atom. The molecular formula is C26H23N5O5S. The van der Waals surface area contributed by atoms with Gasteiger partial charge >= 0.3 is 0 Å². The number of anilines is 2. The molecule has 1 aliphatic rings. The molecule has 0 unspecified atom stereocenters. The molecule has 1 aromatic heterocycles. The lowest BCUT2D eigenvalue weighted by Gasteiger charge is -2.30. The maximum absolute atomic E-state index is 13.2. The van der Waals surface area contributed by atoms with Crippen molar-refractivity contribution in [1.82, 2.24) is 10.3 Å². The van der Waals surface area contributed by atoms with E-state index in [9.17, 15) is 14.9 Å². The molecule has 1 saturated heterocycles. The summed E-state index contributed by atoms with van der Waals surface area (Å²) in [4.78, 5) is 30.5. The molecule has 4 aromatic rings. The van der Waals surface area contributed by atoms with Crippen molar-refractivity contribution >= 4 is 51.4 Å². The van der Waals surface area contributed by atoms with Crippen LogP contribution in [0.5, 0.6) is 0 Å². The van der Waals surface area contributed by atoms with Crippen molar-refractivity contribution in [3.63, 3.8) is 0 Å². The number of thiocarbonyl (C=S) groups is 1. The smallest absolute Gasteiger partial charge is 0.270 e. The number of benzene rings is 3. The van der Waals surface area contributed by atoms with E-state index in [0.29, 0.717) is 49.2 Å². The Labute approximate surface area is 217 Å². The predicted octanol–water partition coefficient (Wildman–Crippen LogP) is 4.67. The Morgan fingerprint density at radius 3 is 2.70 bits per heavy atom. The zero-order valence-electron chi connectivity index (χ0n) is 19.9. The van der Waals surface area contributed by atoms with Crippen LogP contribution < -0.4 is 15.5 Å². The van der Waals surface area contributed by atoms with Gasteiger partial charge in [0.1, 0.15) is 5.52 Å². The molecule has 1 aliphatic heterocycles. The number of carbonyl (C=O) groups is 1. The highest BCUT2D eigenvalue weighted by Gasteiger charge is 2.23. The molecule has 2 N–H and O–H groups in total. The van der Waals surface area contributed by atoms with Crippen molar-refractivity contribution in [3.05, 3.63) is 81.9 Å². The Bertz CT molecular complexity index is 1510. The minimum Gasteiger partial charge on any atom is -0.436 e. The number of oxazole rings is 1. The Hall–Kier alpha value is -4.35. The number of non-ortho nitro benzene ring substituents is 1. The molecule has 5 rings (SSSR count). The van der Waals surface area contributed by atoms with Gasteiger partial charge in [-0.3, -0.25) is 20.2 Å². The number of morpholine rings is 1. The summed E-state index contributed by atoms with van der Waals surface area (Å²) in [6.45, 7) is 4.15. The average molecular weight is 518 g/mol. The number of fused-ring (bicyclic) bond motifs is 1. The number of aryl methyl sites for hydroxylation is 1. The van der Waals surface area contributed by atoms with Gasteiger partial charge in [-0.05, 0) is 61.1 Å². The summed E-state index contributed by atoms with van der Waals surface area (Å²) in [6.07, 6.45) is 0. The normalized spacial score (nSPS) is 13.4. The van der Waals surface area contributed by atoms with Crippen LogP contribution in [0.15, 0.2) is 65.1 Å². The van der Waals surface area contributed by atoms with Gasteiger partial charge in [0.15, 0.2) is 10.7 Å². The zero-order chi connectivity index (χ0) is 25.9. The summed E-state index contributed by atoms with van der Waals surface area (Å²) in [5.74, 6) is -0.0841. The van der Waals surface area contributed by atoms with E-state index < -0.39 is 10.8 Å². The maximum Gasteiger partial charge on any atom is 0.270 e. The van der Waals surface area contributed by atoms with Crippen LogP contribution in [0.4, 0.5) is 17.1 Å². The average Bonchev–Trinajstić information content (AvgIpc) is 3.32. The van der Waals surface area contributed by atoms with Crippen LogP contribution in [0.25, 0.3) is 22.6 Å². The van der Waals surface area contributed by atoms with Gasteiger partial charge in [-0.25, -0.2) is 4.98 Å². The fourth-order valence-electron chi connectivity index (χ4n) is 4.12. The number of nitrogens with one attached hydrogen (secondary N) is 2.